The van der Waals surface area contributed by atoms with Gasteiger partial charge in [0.25, 0.3) is 5.91 Å². The van der Waals surface area contributed by atoms with Crippen molar-refractivity contribution in [2.45, 2.75) is 90.5 Å². The molecule has 12 heteroatoms. The number of Topliss-reactive ketones (excluding diaryl/α,β-unsaturated/α-hetero) is 1. The number of cyclic esters (lactones) is 1. The minimum atomic E-state index is -5.01. The zero-order valence-electron chi connectivity index (χ0n) is 26.0. The van der Waals surface area contributed by atoms with E-state index in [4.69, 9.17) is 4.74 Å². The number of halogens is 3. The molecule has 2 amide bonds. The highest BCUT2D eigenvalue weighted by atomic mass is 19.4. The van der Waals surface area contributed by atoms with Gasteiger partial charge in [0, 0.05) is 0 Å². The lowest BCUT2D eigenvalue weighted by molar-refractivity contribution is -0.330. The number of piperidine rings is 1. The largest absolute Gasteiger partial charge is 0.522 e. The maximum absolute atomic E-state index is 13.5. The molecule has 3 N–H and O–H groups in total. The zero-order chi connectivity index (χ0) is 33.1. The molecule has 0 aliphatic carbocycles. The van der Waals surface area contributed by atoms with Crippen LogP contribution >= 0.6 is 0 Å². The van der Waals surface area contributed by atoms with Crippen LogP contribution in [0.4, 0.5) is 13.2 Å². The number of rotatable bonds is 3. The number of esters is 1. The summed E-state index contributed by atoms with van der Waals surface area (Å²) in [5.74, 6) is -3.03. The number of fused-ring (bicyclic) bond motifs is 4. The van der Waals surface area contributed by atoms with Crippen LogP contribution in [0.1, 0.15) is 71.0 Å². The van der Waals surface area contributed by atoms with Crippen LogP contribution in [0.2, 0.25) is 0 Å². The molecule has 2 aliphatic rings. The first kappa shape index (κ1) is 34.1. The van der Waals surface area contributed by atoms with Crippen LogP contribution in [-0.2, 0) is 28.7 Å². The first-order chi connectivity index (χ1) is 21.1. The predicted octanol–water partition coefficient (Wildman–Crippen LogP) is 4.74. The van der Waals surface area contributed by atoms with Crippen LogP contribution in [0.15, 0.2) is 42.5 Å². The second-order valence-corrected chi connectivity index (χ2v) is 12.5. The summed E-state index contributed by atoms with van der Waals surface area (Å²) in [5.41, 5.74) is -0.509. The third-order valence-corrected chi connectivity index (χ3v) is 8.32. The minimum Gasteiger partial charge on any atom is -0.451 e. The summed E-state index contributed by atoms with van der Waals surface area (Å²) in [4.78, 5) is 53.3. The first-order valence-corrected chi connectivity index (χ1v) is 15.1. The van der Waals surface area contributed by atoms with E-state index in [9.17, 15) is 32.3 Å². The third-order valence-electron chi connectivity index (χ3n) is 8.32. The van der Waals surface area contributed by atoms with E-state index in [2.05, 4.69) is 20.7 Å². The SMILES string of the molecule is CC(C)[C@@H]1OC(=O)[C@@](C)(COC(F)(F)F)/C=C/c2ccc3ccc(cc3c2)[C@@H](C)NC(=O)[C@@H]2CCCC(N2)C(=O)[C@H](C)NC1=O. The number of carbonyl (C=O) groups excluding carboxylic acids is 4. The number of hydrogen-bond donors (Lipinski definition) is 3. The Balaban J connectivity index is 1.75. The molecule has 2 aliphatic heterocycles. The fourth-order valence-electron chi connectivity index (χ4n) is 5.52. The van der Waals surface area contributed by atoms with Gasteiger partial charge in [-0.3, -0.25) is 29.2 Å². The van der Waals surface area contributed by atoms with E-state index >= 15 is 0 Å². The van der Waals surface area contributed by atoms with Gasteiger partial charge in [0.1, 0.15) is 5.41 Å². The van der Waals surface area contributed by atoms with Gasteiger partial charge < -0.3 is 15.4 Å². The Labute approximate surface area is 260 Å². The van der Waals surface area contributed by atoms with Gasteiger partial charge in [0.2, 0.25) is 5.91 Å². The van der Waals surface area contributed by atoms with Crippen LogP contribution in [-0.4, -0.2) is 60.8 Å². The van der Waals surface area contributed by atoms with Crippen molar-refractivity contribution in [2.75, 3.05) is 6.61 Å². The molecule has 5 bridgehead atoms. The Hall–Kier alpha value is -3.77. The molecule has 0 spiro atoms. The van der Waals surface area contributed by atoms with Gasteiger partial charge in [-0.05, 0) is 80.0 Å². The van der Waals surface area contributed by atoms with E-state index in [0.717, 1.165) is 16.3 Å². The molecular formula is C33H40F3N3O6. The van der Waals surface area contributed by atoms with Crippen LogP contribution in [0.3, 0.4) is 0 Å². The molecule has 0 radical (unpaired) electrons. The lowest BCUT2D eigenvalue weighted by Crippen LogP contribution is -2.58. The van der Waals surface area contributed by atoms with E-state index in [-0.39, 0.29) is 17.7 Å². The van der Waals surface area contributed by atoms with E-state index < -0.39 is 60.4 Å². The molecule has 244 valence electrons. The van der Waals surface area contributed by atoms with Crippen LogP contribution in [0.5, 0.6) is 0 Å². The third kappa shape index (κ3) is 8.49. The second kappa shape index (κ2) is 13.7. The van der Waals surface area contributed by atoms with Crippen molar-refractivity contribution in [1.29, 1.82) is 0 Å². The number of alkyl halides is 3. The molecule has 0 saturated carbocycles. The molecule has 4 rings (SSSR count). The summed E-state index contributed by atoms with van der Waals surface area (Å²) in [5, 5.41) is 10.4. The molecular weight excluding hydrogens is 591 g/mol. The van der Waals surface area contributed by atoms with E-state index in [1.807, 2.05) is 37.3 Å². The summed E-state index contributed by atoms with van der Waals surface area (Å²) in [7, 11) is 0. The van der Waals surface area contributed by atoms with Gasteiger partial charge in [-0.25, -0.2) is 0 Å². The second-order valence-electron chi connectivity index (χ2n) is 12.5. The Kier molecular flexibility index (Phi) is 10.4. The molecule has 9 nitrogen and oxygen atoms in total. The van der Waals surface area contributed by atoms with Gasteiger partial charge in [-0.2, -0.15) is 0 Å². The lowest BCUT2D eigenvalue weighted by atomic mass is 9.90. The van der Waals surface area contributed by atoms with Crippen LogP contribution < -0.4 is 16.0 Å². The van der Waals surface area contributed by atoms with E-state index in [1.165, 1.54) is 26.0 Å². The molecule has 1 saturated heterocycles. The van der Waals surface area contributed by atoms with Crippen LogP contribution in [0, 0.1) is 11.3 Å². The van der Waals surface area contributed by atoms with Crippen molar-refractivity contribution in [3.05, 3.63) is 53.6 Å². The molecule has 2 heterocycles. The Morgan fingerprint density at radius 2 is 1.60 bits per heavy atom. The molecule has 2 aromatic carbocycles. The summed E-state index contributed by atoms with van der Waals surface area (Å²) in [6.45, 7) is 6.72. The number of amides is 2. The molecule has 1 unspecified atom stereocenters. The Morgan fingerprint density at radius 1 is 0.933 bits per heavy atom. The van der Waals surface area contributed by atoms with Crippen molar-refractivity contribution >= 4 is 40.4 Å². The Morgan fingerprint density at radius 3 is 2.29 bits per heavy atom. The number of carbonyl (C=O) groups is 4. The molecule has 2 aromatic rings. The molecule has 45 heavy (non-hydrogen) atoms. The van der Waals surface area contributed by atoms with Crippen LogP contribution in [0.25, 0.3) is 16.8 Å². The summed E-state index contributed by atoms with van der Waals surface area (Å²) < 4.78 is 48.9. The number of benzene rings is 2. The van der Waals surface area contributed by atoms with Crippen molar-refractivity contribution in [3.8, 4) is 0 Å². The van der Waals surface area contributed by atoms with Gasteiger partial charge in [0.15, 0.2) is 11.9 Å². The lowest BCUT2D eigenvalue weighted by Gasteiger charge is -2.32. The number of nitrogens with one attached hydrogen (secondary N) is 3. The summed E-state index contributed by atoms with van der Waals surface area (Å²) >= 11 is 0. The normalized spacial score (nSPS) is 29.7. The number of ether oxygens (including phenoxy) is 2. The smallest absolute Gasteiger partial charge is 0.451 e. The highest BCUT2D eigenvalue weighted by molar-refractivity contribution is 5.95. The fourth-order valence-corrected chi connectivity index (χ4v) is 5.52. The predicted molar refractivity (Wildman–Crippen MR) is 162 cm³/mol. The maximum atomic E-state index is 13.5. The van der Waals surface area contributed by atoms with E-state index in [1.54, 1.807) is 19.9 Å². The molecule has 1 fully saturated rings. The highest BCUT2D eigenvalue weighted by Crippen LogP contribution is 2.30. The van der Waals surface area contributed by atoms with Gasteiger partial charge in [-0.15, -0.1) is 13.2 Å². The summed E-state index contributed by atoms with van der Waals surface area (Å²) in [6.07, 6.45) is -2.02. The van der Waals surface area contributed by atoms with Crippen molar-refractivity contribution < 1.29 is 41.8 Å². The fraction of sp³-hybridized carbons (Fsp3) is 0.515. The van der Waals surface area contributed by atoms with E-state index in [0.29, 0.717) is 24.8 Å². The highest BCUT2D eigenvalue weighted by Gasteiger charge is 2.42. The van der Waals surface area contributed by atoms with Gasteiger partial charge >= 0.3 is 12.3 Å². The first-order valence-electron chi connectivity index (χ1n) is 15.1. The number of hydrogen-bond acceptors (Lipinski definition) is 7. The van der Waals surface area contributed by atoms with Crippen molar-refractivity contribution in [3.63, 3.8) is 0 Å². The number of ketones is 1. The Bertz CT molecular complexity index is 1480. The molecule has 6 atom stereocenters. The summed E-state index contributed by atoms with van der Waals surface area (Å²) in [6, 6.07) is 8.45. The van der Waals surface area contributed by atoms with Crippen molar-refractivity contribution in [1.82, 2.24) is 16.0 Å². The minimum absolute atomic E-state index is 0.244. The topological polar surface area (TPSA) is 123 Å². The standard InChI is InChI=1S/C33H40F3N3O6/c1-18(2)28-30(42)38-20(4)27(40)25-7-6-8-26(39-25)29(41)37-19(3)23-12-11-22-10-9-21(15-24(22)16-23)13-14-32(5,31(43)45-28)17-44-33(34,35)36/h9-16,18-20,25-26,28,39H,6-8,17H2,1-5H3,(H,37,41)(H,38,42)/b14-13+/t19-,20+,25?,26+,28+,32-/m1/s1. The zero-order valence-corrected chi connectivity index (χ0v) is 26.0. The van der Waals surface area contributed by atoms with Crippen molar-refractivity contribution in [2.24, 2.45) is 11.3 Å². The average Bonchev–Trinajstić information content (AvgIpc) is 2.99. The monoisotopic (exact) mass is 631 g/mol. The quantitative estimate of drug-likeness (QED) is 0.419. The molecule has 0 aromatic heterocycles. The maximum Gasteiger partial charge on any atom is 0.522 e. The van der Waals surface area contributed by atoms with Gasteiger partial charge in [-0.1, -0.05) is 50.3 Å². The van der Waals surface area contributed by atoms with Gasteiger partial charge in [0.05, 0.1) is 30.8 Å². The average molecular weight is 632 g/mol.